The molecule has 0 bridgehead atoms. The molecule has 0 fully saturated rings. The van der Waals surface area contributed by atoms with Crippen molar-refractivity contribution in [3.63, 3.8) is 0 Å². The number of amides is 1. The molecule has 4 rings (SSSR count). The molecule has 1 aromatic heterocycles. The van der Waals surface area contributed by atoms with Gasteiger partial charge in [-0.3, -0.25) is 4.79 Å². The van der Waals surface area contributed by atoms with Gasteiger partial charge in [0.1, 0.15) is 11.8 Å². The summed E-state index contributed by atoms with van der Waals surface area (Å²) in [5.41, 5.74) is 8.72. The van der Waals surface area contributed by atoms with E-state index in [-0.39, 0.29) is 0 Å². The van der Waals surface area contributed by atoms with E-state index in [0.29, 0.717) is 39.8 Å². The number of thioether (sulfide) groups is 1. The van der Waals surface area contributed by atoms with Crippen LogP contribution in [0.3, 0.4) is 0 Å². The maximum atomic E-state index is 12.3. The number of carbonyl (C=O) groups is 1. The maximum absolute atomic E-state index is 12.3. The van der Waals surface area contributed by atoms with Crippen molar-refractivity contribution in [3.8, 4) is 5.75 Å². The van der Waals surface area contributed by atoms with Gasteiger partial charge >= 0.3 is 0 Å². The normalized spacial score (nSPS) is 15.4. The molecule has 31 heavy (non-hydrogen) atoms. The van der Waals surface area contributed by atoms with E-state index in [1.807, 2.05) is 62.4 Å². The van der Waals surface area contributed by atoms with E-state index in [9.17, 15) is 4.79 Å². The van der Waals surface area contributed by atoms with Gasteiger partial charge in [-0.25, -0.2) is 4.68 Å². The van der Waals surface area contributed by atoms with Gasteiger partial charge in [0.05, 0.1) is 12.2 Å². The molecule has 9 heteroatoms. The van der Waals surface area contributed by atoms with Crippen LogP contribution in [0.1, 0.15) is 31.0 Å². The Morgan fingerprint density at radius 2 is 2.00 bits per heavy atom. The third kappa shape index (κ3) is 4.40. The van der Waals surface area contributed by atoms with Crippen molar-refractivity contribution in [2.75, 3.05) is 11.9 Å². The number of halogens is 1. The smallest absolute Gasteiger partial charge is 0.248 e. The Labute approximate surface area is 189 Å². The van der Waals surface area contributed by atoms with Crippen LogP contribution in [-0.4, -0.2) is 27.3 Å². The fourth-order valence-electron chi connectivity index (χ4n) is 3.49. The average Bonchev–Trinajstić information content (AvgIpc) is 3.15. The standard InChI is InChI=1S/C22H22ClN5O2S/c1-3-30-16-10-8-14(9-11-16)19-18(20(24)29)13(2)25-21-26-22(27-28(19)21)31-12-15-6-4-5-7-17(15)23/h4-11,19H,3,12H2,1-2H3,(H2,24,29)(H,25,26,27)/t19-/m0/s1. The summed E-state index contributed by atoms with van der Waals surface area (Å²) in [7, 11) is 0. The van der Waals surface area contributed by atoms with Crippen molar-refractivity contribution in [3.05, 3.63) is 76.0 Å². The zero-order valence-corrected chi connectivity index (χ0v) is 18.7. The van der Waals surface area contributed by atoms with E-state index < -0.39 is 11.9 Å². The largest absolute Gasteiger partial charge is 0.494 e. The fourth-order valence-corrected chi connectivity index (χ4v) is 4.61. The number of nitrogens with two attached hydrogens (primary N) is 1. The molecule has 1 atom stereocenters. The van der Waals surface area contributed by atoms with Gasteiger partial charge in [-0.05, 0) is 43.2 Å². The molecule has 1 amide bonds. The zero-order valence-electron chi connectivity index (χ0n) is 17.1. The Morgan fingerprint density at radius 3 is 2.68 bits per heavy atom. The van der Waals surface area contributed by atoms with Crippen LogP contribution < -0.4 is 15.8 Å². The molecule has 1 aliphatic rings. The number of aromatic nitrogens is 3. The molecule has 1 aliphatic heterocycles. The van der Waals surface area contributed by atoms with E-state index in [1.54, 1.807) is 4.68 Å². The summed E-state index contributed by atoms with van der Waals surface area (Å²) in [6.45, 7) is 4.33. The monoisotopic (exact) mass is 455 g/mol. The molecule has 0 saturated carbocycles. The highest BCUT2D eigenvalue weighted by Gasteiger charge is 2.33. The summed E-state index contributed by atoms with van der Waals surface area (Å²) in [4.78, 5) is 16.9. The first-order valence-electron chi connectivity index (χ1n) is 9.81. The van der Waals surface area contributed by atoms with Crippen LogP contribution in [0.2, 0.25) is 5.02 Å². The first-order valence-corrected chi connectivity index (χ1v) is 11.2. The summed E-state index contributed by atoms with van der Waals surface area (Å²) in [5, 5.41) is 9.11. The highest BCUT2D eigenvalue weighted by Crippen LogP contribution is 2.37. The number of anilines is 1. The van der Waals surface area contributed by atoms with Gasteiger partial charge < -0.3 is 15.8 Å². The van der Waals surface area contributed by atoms with Crippen molar-refractivity contribution in [2.45, 2.75) is 30.8 Å². The Kier molecular flexibility index (Phi) is 6.20. The van der Waals surface area contributed by atoms with Gasteiger partial charge in [-0.15, -0.1) is 5.10 Å². The summed E-state index contributed by atoms with van der Waals surface area (Å²) in [6.07, 6.45) is 0. The highest BCUT2D eigenvalue weighted by atomic mass is 35.5. The van der Waals surface area contributed by atoms with Gasteiger partial charge in [-0.2, -0.15) is 4.98 Å². The molecule has 3 N–H and O–H groups in total. The summed E-state index contributed by atoms with van der Waals surface area (Å²) < 4.78 is 7.24. The average molecular weight is 456 g/mol. The maximum Gasteiger partial charge on any atom is 0.248 e. The Hall–Kier alpha value is -2.97. The number of nitrogens with one attached hydrogen (secondary N) is 1. The third-order valence-electron chi connectivity index (χ3n) is 4.92. The van der Waals surface area contributed by atoms with Gasteiger partial charge in [0.25, 0.3) is 0 Å². The van der Waals surface area contributed by atoms with Gasteiger partial charge in [-0.1, -0.05) is 53.7 Å². The lowest BCUT2D eigenvalue weighted by atomic mass is 9.95. The molecule has 0 radical (unpaired) electrons. The fraction of sp³-hybridized carbons (Fsp3) is 0.227. The summed E-state index contributed by atoms with van der Waals surface area (Å²) in [6, 6.07) is 14.8. The van der Waals surface area contributed by atoms with Crippen LogP contribution in [0.25, 0.3) is 0 Å². The number of benzene rings is 2. The second-order valence-electron chi connectivity index (χ2n) is 6.98. The van der Waals surface area contributed by atoms with Gasteiger partial charge in [0, 0.05) is 16.5 Å². The number of nitrogens with zero attached hydrogens (tertiary/aromatic N) is 3. The topological polar surface area (TPSA) is 95.1 Å². The molecule has 160 valence electrons. The molecule has 0 aliphatic carbocycles. The van der Waals surface area contributed by atoms with Crippen LogP contribution in [0.15, 0.2) is 65.0 Å². The lowest BCUT2D eigenvalue weighted by molar-refractivity contribution is -0.115. The zero-order chi connectivity index (χ0) is 22.0. The van der Waals surface area contributed by atoms with Crippen molar-refractivity contribution >= 4 is 35.2 Å². The Bertz CT molecular complexity index is 1140. The lowest BCUT2D eigenvalue weighted by Crippen LogP contribution is -2.31. The molecule has 7 nitrogen and oxygen atoms in total. The molecule has 2 aromatic carbocycles. The van der Waals surface area contributed by atoms with Crippen LogP contribution in [0.4, 0.5) is 5.95 Å². The first kappa shape index (κ1) is 21.3. The molecule has 0 unspecified atom stereocenters. The van der Waals surface area contributed by atoms with Crippen LogP contribution >= 0.6 is 23.4 Å². The minimum atomic E-state index is -0.504. The van der Waals surface area contributed by atoms with Crippen molar-refractivity contribution in [2.24, 2.45) is 5.73 Å². The van der Waals surface area contributed by atoms with Gasteiger partial charge in [0.15, 0.2) is 0 Å². The number of rotatable bonds is 7. The van der Waals surface area contributed by atoms with E-state index in [1.165, 1.54) is 11.8 Å². The minimum absolute atomic E-state index is 0.448. The quantitative estimate of drug-likeness (QED) is 0.513. The van der Waals surface area contributed by atoms with Crippen molar-refractivity contribution < 1.29 is 9.53 Å². The van der Waals surface area contributed by atoms with Crippen molar-refractivity contribution in [1.29, 1.82) is 0 Å². The van der Waals surface area contributed by atoms with E-state index in [4.69, 9.17) is 22.1 Å². The van der Waals surface area contributed by atoms with Gasteiger partial charge in [0.2, 0.25) is 17.0 Å². The molecule has 0 saturated heterocycles. The summed E-state index contributed by atoms with van der Waals surface area (Å²) >= 11 is 7.74. The SMILES string of the molecule is CCOc1ccc([C@H]2C(C(N)=O)=C(C)Nc3nc(SCc4ccccc4Cl)nn32)cc1. The molecular formula is C22H22ClN5O2S. The minimum Gasteiger partial charge on any atom is -0.494 e. The Balaban J connectivity index is 1.67. The molecular weight excluding hydrogens is 434 g/mol. The predicted octanol–water partition coefficient (Wildman–Crippen LogP) is 4.40. The van der Waals surface area contributed by atoms with E-state index >= 15 is 0 Å². The van der Waals surface area contributed by atoms with Crippen LogP contribution in [-0.2, 0) is 10.5 Å². The molecule has 2 heterocycles. The lowest BCUT2D eigenvalue weighted by Gasteiger charge is -2.27. The van der Waals surface area contributed by atoms with E-state index in [2.05, 4.69) is 15.4 Å². The Morgan fingerprint density at radius 1 is 1.26 bits per heavy atom. The number of carbonyl (C=O) groups excluding carboxylic acids is 1. The predicted molar refractivity (Wildman–Crippen MR) is 122 cm³/mol. The van der Waals surface area contributed by atoms with Crippen molar-refractivity contribution in [1.82, 2.24) is 14.8 Å². The number of primary amides is 1. The third-order valence-corrected chi connectivity index (χ3v) is 6.18. The highest BCUT2D eigenvalue weighted by molar-refractivity contribution is 7.98. The number of hydrogen-bond acceptors (Lipinski definition) is 6. The summed E-state index contributed by atoms with van der Waals surface area (Å²) in [5.74, 6) is 1.45. The number of fused-ring (bicyclic) bond motifs is 1. The number of allylic oxidation sites excluding steroid dienone is 1. The number of hydrogen-bond donors (Lipinski definition) is 2. The van der Waals surface area contributed by atoms with Crippen LogP contribution in [0.5, 0.6) is 5.75 Å². The second kappa shape index (κ2) is 9.03. The first-order chi connectivity index (χ1) is 15.0. The van der Waals surface area contributed by atoms with Crippen LogP contribution in [0, 0.1) is 0 Å². The molecule has 0 spiro atoms. The second-order valence-corrected chi connectivity index (χ2v) is 8.32. The number of ether oxygens (including phenoxy) is 1. The van der Waals surface area contributed by atoms with E-state index in [0.717, 1.165) is 16.9 Å². The molecule has 3 aromatic rings.